The van der Waals surface area contributed by atoms with Crippen LogP contribution in [0.15, 0.2) is 18.2 Å². The molecular formula is C13H20N2O3S. The first-order chi connectivity index (χ1) is 9.19. The van der Waals surface area contributed by atoms with Crippen molar-refractivity contribution in [2.75, 3.05) is 24.2 Å². The van der Waals surface area contributed by atoms with Gasteiger partial charge in [-0.25, -0.2) is 0 Å². The number of aliphatic hydroxyl groups excluding tert-OH is 1. The summed E-state index contributed by atoms with van der Waals surface area (Å²) in [6, 6.07) is 5.20. The van der Waals surface area contributed by atoms with Crippen LogP contribution in [0, 0.1) is 10.1 Å². The van der Waals surface area contributed by atoms with Crippen LogP contribution in [0.3, 0.4) is 0 Å². The smallest absolute Gasteiger partial charge is 0.292 e. The van der Waals surface area contributed by atoms with Gasteiger partial charge >= 0.3 is 0 Å². The van der Waals surface area contributed by atoms with Crippen LogP contribution in [0.4, 0.5) is 11.4 Å². The molecule has 0 amide bonds. The lowest BCUT2D eigenvalue weighted by molar-refractivity contribution is -0.384. The van der Waals surface area contributed by atoms with Crippen molar-refractivity contribution in [1.29, 1.82) is 0 Å². The van der Waals surface area contributed by atoms with Gasteiger partial charge in [-0.05, 0) is 30.2 Å². The molecule has 19 heavy (non-hydrogen) atoms. The van der Waals surface area contributed by atoms with Crippen molar-refractivity contribution in [3.63, 3.8) is 0 Å². The molecular weight excluding hydrogens is 264 g/mol. The summed E-state index contributed by atoms with van der Waals surface area (Å²) in [5, 5.41) is 22.7. The lowest BCUT2D eigenvalue weighted by Gasteiger charge is -2.08. The maximum Gasteiger partial charge on any atom is 0.292 e. The Bertz CT molecular complexity index is 413. The maximum atomic E-state index is 10.9. The fraction of sp³-hybridized carbons (Fsp3) is 0.538. The minimum atomic E-state index is -0.360. The monoisotopic (exact) mass is 284 g/mol. The van der Waals surface area contributed by atoms with E-state index in [4.69, 9.17) is 5.11 Å². The molecule has 0 aliphatic carbocycles. The third kappa shape index (κ3) is 5.48. The molecule has 0 heterocycles. The molecule has 0 fully saturated rings. The summed E-state index contributed by atoms with van der Waals surface area (Å²) in [4.78, 5) is 10.6. The number of benzene rings is 1. The van der Waals surface area contributed by atoms with Crippen LogP contribution in [-0.2, 0) is 5.75 Å². The van der Waals surface area contributed by atoms with E-state index in [1.54, 1.807) is 23.9 Å². The first-order valence-electron chi connectivity index (χ1n) is 6.38. The standard InChI is InChI=1S/C13H20N2O3S/c1-2-6-14-12-9-11(10-19-8-3-7-16)4-5-13(12)15(17)18/h4-5,9,14,16H,2-3,6-8,10H2,1H3. The summed E-state index contributed by atoms with van der Waals surface area (Å²) in [6.45, 7) is 2.95. The van der Waals surface area contributed by atoms with Crippen molar-refractivity contribution in [3.05, 3.63) is 33.9 Å². The molecule has 0 saturated heterocycles. The van der Waals surface area contributed by atoms with Crippen LogP contribution in [0.1, 0.15) is 25.3 Å². The molecule has 2 N–H and O–H groups in total. The van der Waals surface area contributed by atoms with Gasteiger partial charge in [-0.2, -0.15) is 11.8 Å². The van der Waals surface area contributed by atoms with Gasteiger partial charge in [0.25, 0.3) is 5.69 Å². The molecule has 0 radical (unpaired) electrons. The van der Waals surface area contributed by atoms with Crippen molar-refractivity contribution in [2.45, 2.75) is 25.5 Å². The molecule has 5 nitrogen and oxygen atoms in total. The van der Waals surface area contributed by atoms with E-state index in [0.29, 0.717) is 5.69 Å². The number of thioether (sulfide) groups is 1. The van der Waals surface area contributed by atoms with Gasteiger partial charge in [-0.15, -0.1) is 0 Å². The predicted octanol–water partition coefficient (Wildman–Crippen LogP) is 3.03. The van der Waals surface area contributed by atoms with Crippen LogP contribution in [-0.4, -0.2) is 28.9 Å². The minimum absolute atomic E-state index is 0.123. The number of hydrogen-bond donors (Lipinski definition) is 2. The minimum Gasteiger partial charge on any atom is -0.396 e. The molecule has 0 unspecified atom stereocenters. The number of nitro groups is 1. The van der Waals surface area contributed by atoms with E-state index in [9.17, 15) is 10.1 Å². The highest BCUT2D eigenvalue weighted by molar-refractivity contribution is 7.98. The first kappa shape index (κ1) is 15.8. The molecule has 1 aromatic carbocycles. The van der Waals surface area contributed by atoms with Crippen molar-refractivity contribution >= 4 is 23.1 Å². The molecule has 6 heteroatoms. The van der Waals surface area contributed by atoms with Gasteiger partial charge in [0.2, 0.25) is 0 Å². The number of nitrogens with zero attached hydrogens (tertiary/aromatic N) is 1. The third-order valence-electron chi connectivity index (χ3n) is 2.54. The number of nitrogens with one attached hydrogen (secondary N) is 1. The molecule has 0 aromatic heterocycles. The van der Waals surface area contributed by atoms with E-state index < -0.39 is 0 Å². The Hall–Kier alpha value is -1.27. The molecule has 1 aromatic rings. The normalized spacial score (nSPS) is 10.4. The van der Waals surface area contributed by atoms with E-state index in [0.717, 1.165) is 36.5 Å². The first-order valence-corrected chi connectivity index (χ1v) is 7.54. The lowest BCUT2D eigenvalue weighted by Crippen LogP contribution is -2.03. The molecule has 0 spiro atoms. The van der Waals surface area contributed by atoms with Gasteiger partial charge in [0.1, 0.15) is 5.69 Å². The van der Waals surface area contributed by atoms with Crippen molar-refractivity contribution in [3.8, 4) is 0 Å². The van der Waals surface area contributed by atoms with Gasteiger partial charge in [-0.1, -0.05) is 13.0 Å². The number of rotatable bonds is 9. The van der Waals surface area contributed by atoms with E-state index in [-0.39, 0.29) is 17.2 Å². The quantitative estimate of drug-likeness (QED) is 0.414. The average Bonchev–Trinajstić information content (AvgIpc) is 2.41. The summed E-state index contributed by atoms with van der Waals surface area (Å²) >= 11 is 1.72. The van der Waals surface area contributed by atoms with Gasteiger partial charge in [-0.3, -0.25) is 10.1 Å². The highest BCUT2D eigenvalue weighted by Crippen LogP contribution is 2.27. The molecule has 0 atom stereocenters. The summed E-state index contributed by atoms with van der Waals surface area (Å²) in [5.74, 6) is 1.70. The third-order valence-corrected chi connectivity index (χ3v) is 3.65. The molecule has 0 aliphatic heterocycles. The molecule has 1 rings (SSSR count). The van der Waals surface area contributed by atoms with E-state index in [1.165, 1.54) is 0 Å². The summed E-state index contributed by atoms with van der Waals surface area (Å²) in [6.07, 6.45) is 1.70. The van der Waals surface area contributed by atoms with Crippen LogP contribution < -0.4 is 5.32 Å². The Kier molecular flexibility index (Phi) is 7.28. The Morgan fingerprint density at radius 3 is 2.89 bits per heavy atom. The largest absolute Gasteiger partial charge is 0.396 e. The Morgan fingerprint density at radius 2 is 2.26 bits per heavy atom. The van der Waals surface area contributed by atoms with Crippen molar-refractivity contribution in [2.24, 2.45) is 0 Å². The molecule has 0 aliphatic rings. The van der Waals surface area contributed by atoms with Gasteiger partial charge in [0, 0.05) is 25.0 Å². The number of nitro benzene ring substituents is 1. The lowest BCUT2D eigenvalue weighted by atomic mass is 10.2. The summed E-state index contributed by atoms with van der Waals surface area (Å²) in [7, 11) is 0. The van der Waals surface area contributed by atoms with Crippen molar-refractivity contribution in [1.82, 2.24) is 0 Å². The zero-order chi connectivity index (χ0) is 14.1. The highest BCUT2D eigenvalue weighted by Gasteiger charge is 2.13. The SMILES string of the molecule is CCCNc1cc(CSCCCO)ccc1[N+](=O)[O-]. The Labute approximate surface area is 117 Å². The fourth-order valence-corrected chi connectivity index (χ4v) is 2.48. The Morgan fingerprint density at radius 1 is 1.47 bits per heavy atom. The molecule has 0 saturated carbocycles. The van der Waals surface area contributed by atoms with Crippen LogP contribution in [0.5, 0.6) is 0 Å². The van der Waals surface area contributed by atoms with Gasteiger partial charge in [0.15, 0.2) is 0 Å². The second kappa shape index (κ2) is 8.77. The van der Waals surface area contributed by atoms with E-state index in [1.807, 2.05) is 13.0 Å². The average molecular weight is 284 g/mol. The second-order valence-electron chi connectivity index (χ2n) is 4.17. The molecule has 106 valence electrons. The number of anilines is 1. The molecule has 0 bridgehead atoms. The Balaban J connectivity index is 2.70. The second-order valence-corrected chi connectivity index (χ2v) is 5.27. The number of aliphatic hydroxyl groups is 1. The van der Waals surface area contributed by atoms with Crippen LogP contribution in [0.2, 0.25) is 0 Å². The van der Waals surface area contributed by atoms with Crippen LogP contribution >= 0.6 is 11.8 Å². The topological polar surface area (TPSA) is 75.4 Å². The fourth-order valence-electron chi connectivity index (χ4n) is 1.59. The van der Waals surface area contributed by atoms with Gasteiger partial charge < -0.3 is 10.4 Å². The van der Waals surface area contributed by atoms with Crippen LogP contribution in [0.25, 0.3) is 0 Å². The van der Waals surface area contributed by atoms with Crippen molar-refractivity contribution < 1.29 is 10.0 Å². The predicted molar refractivity (Wildman–Crippen MR) is 79.7 cm³/mol. The zero-order valence-corrected chi connectivity index (χ0v) is 11.9. The number of hydrogen-bond acceptors (Lipinski definition) is 5. The van der Waals surface area contributed by atoms with Gasteiger partial charge in [0.05, 0.1) is 4.92 Å². The highest BCUT2D eigenvalue weighted by atomic mass is 32.2. The summed E-state index contributed by atoms with van der Waals surface area (Å²) in [5.41, 5.74) is 1.77. The summed E-state index contributed by atoms with van der Waals surface area (Å²) < 4.78 is 0. The maximum absolute atomic E-state index is 10.9. The van der Waals surface area contributed by atoms with E-state index in [2.05, 4.69) is 5.32 Å². The van der Waals surface area contributed by atoms with E-state index >= 15 is 0 Å². The zero-order valence-electron chi connectivity index (χ0n) is 11.1.